The summed E-state index contributed by atoms with van der Waals surface area (Å²) in [5.74, 6) is -0.332. The van der Waals surface area contributed by atoms with E-state index in [-0.39, 0.29) is 11.7 Å². The van der Waals surface area contributed by atoms with Gasteiger partial charge in [0.05, 0.1) is 17.6 Å². The van der Waals surface area contributed by atoms with Gasteiger partial charge in [0.25, 0.3) is 5.91 Å². The van der Waals surface area contributed by atoms with Crippen LogP contribution in [-0.4, -0.2) is 17.2 Å². The second-order valence-electron chi connectivity index (χ2n) is 5.49. The molecule has 0 unspecified atom stereocenters. The second-order valence-corrected chi connectivity index (χ2v) is 6.40. The quantitative estimate of drug-likeness (QED) is 0.330. The van der Waals surface area contributed by atoms with Crippen LogP contribution in [0.5, 0.6) is 5.75 Å². The number of nitrogens with zero attached hydrogens (tertiary/aromatic N) is 3. The van der Waals surface area contributed by atoms with Crippen LogP contribution in [0.15, 0.2) is 92.6 Å². The fourth-order valence-corrected chi connectivity index (χ4v) is 2.57. The summed E-state index contributed by atoms with van der Waals surface area (Å²) >= 11 is 3.31. The van der Waals surface area contributed by atoms with Crippen LogP contribution in [0.2, 0.25) is 0 Å². The van der Waals surface area contributed by atoms with Crippen molar-refractivity contribution in [1.82, 2.24) is 5.43 Å². The molecule has 6 nitrogen and oxygen atoms in total. The van der Waals surface area contributed by atoms with E-state index in [1.807, 2.05) is 36.4 Å². The number of nitrogens with one attached hydrogen (secondary N) is 1. The van der Waals surface area contributed by atoms with E-state index in [9.17, 15) is 9.90 Å². The van der Waals surface area contributed by atoms with Gasteiger partial charge in [-0.25, -0.2) is 5.43 Å². The molecule has 134 valence electrons. The van der Waals surface area contributed by atoms with E-state index in [1.165, 1.54) is 12.3 Å². The molecule has 0 radical (unpaired) electrons. The van der Waals surface area contributed by atoms with Crippen molar-refractivity contribution in [2.45, 2.75) is 0 Å². The zero-order valence-electron chi connectivity index (χ0n) is 14.1. The van der Waals surface area contributed by atoms with Crippen molar-refractivity contribution in [2.24, 2.45) is 15.3 Å². The zero-order chi connectivity index (χ0) is 19.1. The predicted molar refractivity (Wildman–Crippen MR) is 108 cm³/mol. The number of carbonyl (C=O) groups is 1. The number of phenols is 1. The fourth-order valence-electron chi connectivity index (χ4n) is 2.17. The first-order chi connectivity index (χ1) is 13.1. The van der Waals surface area contributed by atoms with Crippen molar-refractivity contribution in [2.75, 3.05) is 0 Å². The Morgan fingerprint density at radius 3 is 2.48 bits per heavy atom. The lowest BCUT2D eigenvalue weighted by Crippen LogP contribution is -2.17. The minimum atomic E-state index is -0.355. The molecule has 0 spiro atoms. The van der Waals surface area contributed by atoms with Gasteiger partial charge in [0, 0.05) is 15.6 Å². The fraction of sp³-hybridized carbons (Fsp3) is 0. The lowest BCUT2D eigenvalue weighted by atomic mass is 10.2. The molecule has 0 saturated heterocycles. The number of hydrogen-bond donors (Lipinski definition) is 2. The van der Waals surface area contributed by atoms with Crippen LogP contribution in [0.25, 0.3) is 0 Å². The SMILES string of the molecule is O=C(N/N=C/c1cc(N=Nc2ccccc2)ccc1O)c1cccc(Br)c1. The summed E-state index contributed by atoms with van der Waals surface area (Å²) in [6, 6.07) is 21.0. The van der Waals surface area contributed by atoms with Crippen LogP contribution in [0.4, 0.5) is 11.4 Å². The Bertz CT molecular complexity index is 1000. The normalized spacial score (nSPS) is 11.1. The number of amides is 1. The molecule has 2 N–H and O–H groups in total. The van der Waals surface area contributed by atoms with Crippen LogP contribution in [-0.2, 0) is 0 Å². The lowest BCUT2D eigenvalue weighted by Gasteiger charge is -2.02. The van der Waals surface area contributed by atoms with E-state index in [0.717, 1.165) is 10.2 Å². The van der Waals surface area contributed by atoms with E-state index < -0.39 is 0 Å². The van der Waals surface area contributed by atoms with Gasteiger partial charge in [0.2, 0.25) is 0 Å². The number of aromatic hydroxyl groups is 1. The van der Waals surface area contributed by atoms with Crippen LogP contribution < -0.4 is 5.43 Å². The Hall–Kier alpha value is -3.32. The number of azo groups is 1. The molecule has 0 heterocycles. The van der Waals surface area contributed by atoms with E-state index >= 15 is 0 Å². The van der Waals surface area contributed by atoms with Gasteiger partial charge >= 0.3 is 0 Å². The highest BCUT2D eigenvalue weighted by Crippen LogP contribution is 2.24. The highest BCUT2D eigenvalue weighted by Gasteiger charge is 2.05. The third kappa shape index (κ3) is 5.32. The average Bonchev–Trinajstić information content (AvgIpc) is 2.69. The highest BCUT2D eigenvalue weighted by atomic mass is 79.9. The number of phenolic OH excluding ortho intramolecular Hbond substituents is 1. The van der Waals surface area contributed by atoms with Gasteiger partial charge in [0.1, 0.15) is 5.75 Å². The number of rotatable bonds is 5. The van der Waals surface area contributed by atoms with Crippen molar-refractivity contribution in [1.29, 1.82) is 0 Å². The molecule has 0 atom stereocenters. The molecule has 0 fully saturated rings. The Balaban J connectivity index is 1.70. The van der Waals surface area contributed by atoms with Crippen LogP contribution in [0.3, 0.4) is 0 Å². The molecule has 27 heavy (non-hydrogen) atoms. The van der Waals surface area contributed by atoms with Gasteiger partial charge in [-0.05, 0) is 48.5 Å². The predicted octanol–water partition coefficient (Wildman–Crippen LogP) is 5.33. The van der Waals surface area contributed by atoms with Crippen LogP contribution in [0, 0.1) is 0 Å². The van der Waals surface area contributed by atoms with Gasteiger partial charge in [0.15, 0.2) is 0 Å². The Kier molecular flexibility index (Phi) is 6.06. The summed E-state index contributed by atoms with van der Waals surface area (Å²) in [6.45, 7) is 0. The number of halogens is 1. The third-order valence-electron chi connectivity index (χ3n) is 3.50. The summed E-state index contributed by atoms with van der Waals surface area (Å²) in [5, 5.41) is 22.1. The first-order valence-electron chi connectivity index (χ1n) is 8.00. The van der Waals surface area contributed by atoms with Gasteiger partial charge in [-0.1, -0.05) is 40.2 Å². The Morgan fingerprint density at radius 2 is 1.70 bits per heavy atom. The maximum atomic E-state index is 12.1. The smallest absolute Gasteiger partial charge is 0.271 e. The summed E-state index contributed by atoms with van der Waals surface area (Å²) < 4.78 is 0.799. The van der Waals surface area contributed by atoms with E-state index in [0.29, 0.717) is 16.8 Å². The minimum absolute atomic E-state index is 0.0223. The molecular formula is C20H15BrN4O2. The first kappa shape index (κ1) is 18.5. The van der Waals surface area contributed by atoms with Gasteiger partial charge in [-0.3, -0.25) is 4.79 Å². The van der Waals surface area contributed by atoms with Crippen molar-refractivity contribution in [3.63, 3.8) is 0 Å². The summed E-state index contributed by atoms with van der Waals surface area (Å²) in [4.78, 5) is 12.1. The van der Waals surface area contributed by atoms with Crippen molar-refractivity contribution in [3.8, 4) is 5.75 Å². The summed E-state index contributed by atoms with van der Waals surface area (Å²) in [7, 11) is 0. The molecule has 1 amide bonds. The standard InChI is InChI=1S/C20H15BrN4O2/c21-16-6-4-5-14(11-16)20(27)25-22-13-15-12-18(9-10-19(15)26)24-23-17-7-2-1-3-8-17/h1-13,26H,(H,25,27)/b22-13+,24-23?. The van der Waals surface area contributed by atoms with Crippen molar-refractivity contribution in [3.05, 3.63) is 88.4 Å². The molecular weight excluding hydrogens is 408 g/mol. The topological polar surface area (TPSA) is 86.4 Å². The largest absolute Gasteiger partial charge is 0.507 e. The average molecular weight is 423 g/mol. The molecule has 7 heteroatoms. The van der Waals surface area contributed by atoms with Crippen molar-refractivity contribution < 1.29 is 9.90 Å². The number of benzene rings is 3. The Labute approximate surface area is 164 Å². The van der Waals surface area contributed by atoms with E-state index in [1.54, 1.807) is 30.3 Å². The molecule has 0 aromatic heterocycles. The van der Waals surface area contributed by atoms with Crippen molar-refractivity contribution >= 4 is 39.4 Å². The number of carbonyl (C=O) groups excluding carboxylic acids is 1. The molecule has 0 aliphatic heterocycles. The zero-order valence-corrected chi connectivity index (χ0v) is 15.7. The summed E-state index contributed by atoms with van der Waals surface area (Å²) in [5.41, 5.74) is 4.58. The minimum Gasteiger partial charge on any atom is -0.507 e. The lowest BCUT2D eigenvalue weighted by molar-refractivity contribution is 0.0955. The summed E-state index contributed by atoms with van der Waals surface area (Å²) in [6.07, 6.45) is 1.35. The number of hydrazone groups is 1. The third-order valence-corrected chi connectivity index (χ3v) is 4.00. The second kappa shape index (κ2) is 8.86. The molecule has 0 aliphatic rings. The first-order valence-corrected chi connectivity index (χ1v) is 8.80. The molecule has 3 aromatic rings. The number of hydrogen-bond acceptors (Lipinski definition) is 5. The van der Waals surface area contributed by atoms with Gasteiger partial charge < -0.3 is 5.11 Å². The van der Waals surface area contributed by atoms with Crippen LogP contribution in [0.1, 0.15) is 15.9 Å². The van der Waals surface area contributed by atoms with Crippen LogP contribution >= 0.6 is 15.9 Å². The Morgan fingerprint density at radius 1 is 0.926 bits per heavy atom. The van der Waals surface area contributed by atoms with Gasteiger partial charge in [-0.15, -0.1) is 0 Å². The monoisotopic (exact) mass is 422 g/mol. The maximum absolute atomic E-state index is 12.1. The van der Waals surface area contributed by atoms with Gasteiger partial charge in [-0.2, -0.15) is 15.3 Å². The van der Waals surface area contributed by atoms with E-state index in [2.05, 4.69) is 36.7 Å². The molecule has 3 aromatic carbocycles. The molecule has 0 aliphatic carbocycles. The maximum Gasteiger partial charge on any atom is 0.271 e. The highest BCUT2D eigenvalue weighted by molar-refractivity contribution is 9.10. The molecule has 3 rings (SSSR count). The molecule has 0 saturated carbocycles. The van der Waals surface area contributed by atoms with E-state index in [4.69, 9.17) is 0 Å². The molecule has 0 bridgehead atoms.